The van der Waals surface area contributed by atoms with Crippen LogP contribution in [0.15, 0.2) is 46.1 Å². The van der Waals surface area contributed by atoms with Gasteiger partial charge in [-0.25, -0.2) is 4.79 Å². The molecule has 1 aromatic carbocycles. The lowest BCUT2D eigenvalue weighted by atomic mass is 10.1. The molecule has 1 heterocycles. The quantitative estimate of drug-likeness (QED) is 0.785. The highest BCUT2D eigenvalue weighted by atomic mass is 16.2. The van der Waals surface area contributed by atoms with E-state index in [1.165, 1.54) is 11.8 Å². The van der Waals surface area contributed by atoms with Crippen molar-refractivity contribution in [3.63, 3.8) is 0 Å². The van der Waals surface area contributed by atoms with E-state index in [0.29, 0.717) is 12.0 Å². The van der Waals surface area contributed by atoms with Crippen molar-refractivity contribution in [2.24, 2.45) is 0 Å². The number of rotatable bonds is 5. The number of nitrogens with one attached hydrogen (secondary N) is 2. The Bertz CT molecular complexity index is 599. The SMILES string of the molecule is O=c1[nH]cc(CCCCc2ccccc2)c(=O)[nH]1. The maximum Gasteiger partial charge on any atom is 0.325 e. The number of unbranched alkanes of at least 4 members (excludes halogenated alkanes) is 1. The number of H-pyrrole nitrogens is 2. The van der Waals surface area contributed by atoms with Crippen molar-refractivity contribution >= 4 is 0 Å². The Labute approximate surface area is 105 Å². The Balaban J connectivity index is 1.82. The van der Waals surface area contributed by atoms with E-state index in [1.807, 2.05) is 18.2 Å². The zero-order chi connectivity index (χ0) is 12.8. The van der Waals surface area contributed by atoms with Gasteiger partial charge in [-0.1, -0.05) is 30.3 Å². The monoisotopic (exact) mass is 244 g/mol. The molecule has 0 unspecified atom stereocenters. The molecule has 0 bridgehead atoms. The third-order valence-electron chi connectivity index (χ3n) is 2.90. The molecule has 4 heteroatoms. The molecular weight excluding hydrogens is 228 g/mol. The number of hydrogen-bond acceptors (Lipinski definition) is 2. The summed E-state index contributed by atoms with van der Waals surface area (Å²) >= 11 is 0. The fourth-order valence-electron chi connectivity index (χ4n) is 1.91. The molecule has 0 aliphatic carbocycles. The molecule has 18 heavy (non-hydrogen) atoms. The second-order valence-corrected chi connectivity index (χ2v) is 4.29. The maximum atomic E-state index is 11.4. The fraction of sp³-hybridized carbons (Fsp3) is 0.286. The van der Waals surface area contributed by atoms with Gasteiger partial charge in [-0.2, -0.15) is 0 Å². The first-order valence-electron chi connectivity index (χ1n) is 6.10. The third-order valence-corrected chi connectivity index (χ3v) is 2.90. The second-order valence-electron chi connectivity index (χ2n) is 4.29. The molecule has 0 fully saturated rings. The van der Waals surface area contributed by atoms with Crippen molar-refractivity contribution in [2.45, 2.75) is 25.7 Å². The predicted molar refractivity (Wildman–Crippen MR) is 70.8 cm³/mol. The van der Waals surface area contributed by atoms with Gasteiger partial charge in [0.1, 0.15) is 0 Å². The van der Waals surface area contributed by atoms with Crippen molar-refractivity contribution < 1.29 is 0 Å². The molecular formula is C14H16N2O2. The molecule has 0 radical (unpaired) electrons. The van der Waals surface area contributed by atoms with E-state index in [4.69, 9.17) is 0 Å². The van der Waals surface area contributed by atoms with Crippen LogP contribution in [-0.2, 0) is 12.8 Å². The van der Waals surface area contributed by atoms with E-state index in [0.717, 1.165) is 19.3 Å². The van der Waals surface area contributed by atoms with Gasteiger partial charge >= 0.3 is 5.69 Å². The smallest absolute Gasteiger partial charge is 0.314 e. The minimum absolute atomic E-state index is 0.279. The number of aromatic amines is 2. The van der Waals surface area contributed by atoms with Crippen LogP contribution in [0.4, 0.5) is 0 Å². The number of benzene rings is 1. The Morgan fingerprint density at radius 1 is 0.944 bits per heavy atom. The first-order chi connectivity index (χ1) is 8.75. The second kappa shape index (κ2) is 6.00. The van der Waals surface area contributed by atoms with Gasteiger partial charge in [-0.15, -0.1) is 0 Å². The zero-order valence-electron chi connectivity index (χ0n) is 10.1. The predicted octanol–water partition coefficient (Wildman–Crippen LogP) is 1.63. The molecule has 0 spiro atoms. The summed E-state index contributed by atoms with van der Waals surface area (Å²) in [5, 5.41) is 0. The van der Waals surface area contributed by atoms with Crippen LogP contribution < -0.4 is 11.2 Å². The minimum Gasteiger partial charge on any atom is -0.314 e. The summed E-state index contributed by atoms with van der Waals surface area (Å²) in [7, 11) is 0. The van der Waals surface area contributed by atoms with Crippen LogP contribution in [0.25, 0.3) is 0 Å². The molecule has 4 nitrogen and oxygen atoms in total. The zero-order valence-corrected chi connectivity index (χ0v) is 10.1. The molecule has 0 aliphatic rings. The van der Waals surface area contributed by atoms with Crippen LogP contribution in [0.5, 0.6) is 0 Å². The fourth-order valence-corrected chi connectivity index (χ4v) is 1.91. The Morgan fingerprint density at radius 3 is 2.39 bits per heavy atom. The van der Waals surface area contributed by atoms with E-state index in [2.05, 4.69) is 22.1 Å². The van der Waals surface area contributed by atoms with Crippen LogP contribution in [0.2, 0.25) is 0 Å². The van der Waals surface area contributed by atoms with Crippen molar-refractivity contribution in [3.8, 4) is 0 Å². The lowest BCUT2D eigenvalue weighted by Gasteiger charge is -2.01. The summed E-state index contributed by atoms with van der Waals surface area (Å²) in [5.41, 5.74) is 1.22. The lowest BCUT2D eigenvalue weighted by Crippen LogP contribution is -2.24. The molecule has 2 rings (SSSR count). The van der Waals surface area contributed by atoms with E-state index in [1.54, 1.807) is 0 Å². The standard InChI is InChI=1S/C14H16N2O2/c17-13-12(10-15-14(18)16-13)9-5-4-8-11-6-2-1-3-7-11/h1-3,6-7,10H,4-5,8-9H2,(H2,15,16,17,18). The van der Waals surface area contributed by atoms with Crippen molar-refractivity contribution in [1.29, 1.82) is 0 Å². The van der Waals surface area contributed by atoms with Crippen LogP contribution in [-0.4, -0.2) is 9.97 Å². The Hall–Kier alpha value is -2.10. The van der Waals surface area contributed by atoms with E-state index >= 15 is 0 Å². The number of aryl methyl sites for hydroxylation is 2. The van der Waals surface area contributed by atoms with Gasteiger partial charge in [-0.3, -0.25) is 9.78 Å². The number of aromatic nitrogens is 2. The van der Waals surface area contributed by atoms with Gasteiger partial charge in [0, 0.05) is 11.8 Å². The molecule has 1 aromatic heterocycles. The summed E-state index contributed by atoms with van der Waals surface area (Å²) in [4.78, 5) is 27.0. The van der Waals surface area contributed by atoms with Gasteiger partial charge in [0.05, 0.1) is 0 Å². The average Bonchev–Trinajstić information content (AvgIpc) is 2.38. The maximum absolute atomic E-state index is 11.4. The van der Waals surface area contributed by atoms with Gasteiger partial charge in [0.2, 0.25) is 0 Å². The molecule has 0 amide bonds. The lowest BCUT2D eigenvalue weighted by molar-refractivity contribution is 0.725. The largest absolute Gasteiger partial charge is 0.325 e. The van der Waals surface area contributed by atoms with E-state index < -0.39 is 5.69 Å². The van der Waals surface area contributed by atoms with Crippen molar-refractivity contribution in [2.75, 3.05) is 0 Å². The Kier molecular flexibility index (Phi) is 4.12. The van der Waals surface area contributed by atoms with Crippen LogP contribution in [0, 0.1) is 0 Å². The first kappa shape index (κ1) is 12.4. The summed E-state index contributed by atoms with van der Waals surface area (Å²) < 4.78 is 0. The molecule has 2 aromatic rings. The van der Waals surface area contributed by atoms with Gasteiger partial charge in [0.15, 0.2) is 0 Å². The molecule has 94 valence electrons. The third kappa shape index (κ3) is 3.45. The van der Waals surface area contributed by atoms with Crippen molar-refractivity contribution in [1.82, 2.24) is 9.97 Å². The topological polar surface area (TPSA) is 65.7 Å². The number of hydrogen-bond donors (Lipinski definition) is 2. The summed E-state index contributed by atoms with van der Waals surface area (Å²) in [6.45, 7) is 0. The molecule has 0 atom stereocenters. The molecule has 2 N–H and O–H groups in total. The van der Waals surface area contributed by atoms with Gasteiger partial charge in [0.25, 0.3) is 5.56 Å². The minimum atomic E-state index is -0.451. The highest BCUT2D eigenvalue weighted by Crippen LogP contribution is 2.06. The van der Waals surface area contributed by atoms with Gasteiger partial charge < -0.3 is 4.98 Å². The van der Waals surface area contributed by atoms with Crippen LogP contribution >= 0.6 is 0 Å². The van der Waals surface area contributed by atoms with Gasteiger partial charge in [-0.05, 0) is 31.2 Å². The van der Waals surface area contributed by atoms with E-state index in [9.17, 15) is 9.59 Å². The summed E-state index contributed by atoms with van der Waals surface area (Å²) in [6.07, 6.45) is 5.18. The molecule has 0 aliphatic heterocycles. The van der Waals surface area contributed by atoms with Crippen molar-refractivity contribution in [3.05, 3.63) is 68.5 Å². The first-order valence-corrected chi connectivity index (χ1v) is 6.10. The summed E-state index contributed by atoms with van der Waals surface area (Å²) in [5.74, 6) is 0. The van der Waals surface area contributed by atoms with E-state index in [-0.39, 0.29) is 5.56 Å². The van der Waals surface area contributed by atoms with Crippen LogP contribution in [0.1, 0.15) is 24.0 Å². The highest BCUT2D eigenvalue weighted by Gasteiger charge is 2.00. The summed E-state index contributed by atoms with van der Waals surface area (Å²) in [6, 6.07) is 10.3. The Morgan fingerprint density at radius 2 is 1.67 bits per heavy atom. The molecule has 0 saturated heterocycles. The van der Waals surface area contributed by atoms with Crippen LogP contribution in [0.3, 0.4) is 0 Å². The highest BCUT2D eigenvalue weighted by molar-refractivity contribution is 5.14. The molecule has 0 saturated carbocycles. The normalized spacial score (nSPS) is 10.4. The average molecular weight is 244 g/mol.